The smallest absolute Gasteiger partial charge is 0.150 e. The molecule has 1 aliphatic rings. The van der Waals surface area contributed by atoms with Gasteiger partial charge < -0.3 is 5.32 Å². The number of nitrogens with one attached hydrogen (secondary N) is 1. The van der Waals surface area contributed by atoms with Crippen LogP contribution in [-0.2, 0) is 9.84 Å². The largest absolute Gasteiger partial charge is 0.310 e. The lowest BCUT2D eigenvalue weighted by Gasteiger charge is -2.16. The molecule has 0 bridgehead atoms. The average molecular weight is 254 g/mol. The minimum absolute atomic E-state index is 0.237. The van der Waals surface area contributed by atoms with E-state index in [0.717, 1.165) is 13.0 Å². The molecule has 1 aromatic heterocycles. The second kappa shape index (κ2) is 5.14. The predicted molar refractivity (Wildman–Crippen MR) is 67.4 cm³/mol. The zero-order valence-electron chi connectivity index (χ0n) is 9.96. The van der Waals surface area contributed by atoms with E-state index < -0.39 is 9.84 Å². The van der Waals surface area contributed by atoms with Crippen LogP contribution in [0.2, 0.25) is 0 Å². The van der Waals surface area contributed by atoms with Crippen LogP contribution >= 0.6 is 0 Å². The maximum absolute atomic E-state index is 11.3. The van der Waals surface area contributed by atoms with Gasteiger partial charge in [0.05, 0.1) is 11.5 Å². The number of aromatic nitrogens is 1. The summed E-state index contributed by atoms with van der Waals surface area (Å²) >= 11 is 0. The van der Waals surface area contributed by atoms with Crippen molar-refractivity contribution in [2.24, 2.45) is 5.92 Å². The summed E-state index contributed by atoms with van der Waals surface area (Å²) in [6, 6.07) is 4.19. The maximum Gasteiger partial charge on any atom is 0.150 e. The number of nitrogens with zero attached hydrogens (tertiary/aromatic N) is 1. The van der Waals surface area contributed by atoms with Crippen LogP contribution in [0, 0.1) is 5.92 Å². The molecule has 1 aromatic rings. The molecule has 17 heavy (non-hydrogen) atoms. The summed E-state index contributed by atoms with van der Waals surface area (Å²) in [6.45, 7) is 2.85. The maximum atomic E-state index is 11.3. The minimum atomic E-state index is -2.76. The highest BCUT2D eigenvalue weighted by Gasteiger charge is 2.27. The average Bonchev–Trinajstić information content (AvgIpc) is 2.67. The third-order valence-electron chi connectivity index (χ3n) is 3.25. The van der Waals surface area contributed by atoms with Crippen molar-refractivity contribution >= 4 is 9.84 Å². The number of pyridine rings is 1. The summed E-state index contributed by atoms with van der Waals surface area (Å²) in [5, 5.41) is 3.39. The second-order valence-corrected chi connectivity index (χ2v) is 6.91. The van der Waals surface area contributed by atoms with Crippen molar-refractivity contribution in [3.05, 3.63) is 30.1 Å². The van der Waals surface area contributed by atoms with Gasteiger partial charge in [-0.1, -0.05) is 0 Å². The summed E-state index contributed by atoms with van der Waals surface area (Å²) in [5.74, 6) is 0.954. The highest BCUT2D eigenvalue weighted by molar-refractivity contribution is 7.91. The normalized spacial score (nSPS) is 24.6. The molecule has 0 aromatic carbocycles. The first-order chi connectivity index (χ1) is 8.07. The van der Waals surface area contributed by atoms with Gasteiger partial charge in [0.2, 0.25) is 0 Å². The van der Waals surface area contributed by atoms with Crippen molar-refractivity contribution < 1.29 is 8.42 Å². The number of hydrogen-bond donors (Lipinski definition) is 1. The van der Waals surface area contributed by atoms with E-state index in [1.807, 2.05) is 12.1 Å². The Kier molecular flexibility index (Phi) is 3.79. The molecule has 1 aliphatic heterocycles. The Balaban J connectivity index is 1.83. The van der Waals surface area contributed by atoms with Crippen LogP contribution in [-0.4, -0.2) is 31.5 Å². The summed E-state index contributed by atoms with van der Waals surface area (Å²) in [5.41, 5.74) is 1.18. The molecule has 0 aliphatic carbocycles. The fourth-order valence-electron chi connectivity index (χ4n) is 2.15. The summed E-state index contributed by atoms with van der Waals surface area (Å²) in [4.78, 5) is 3.98. The van der Waals surface area contributed by atoms with Gasteiger partial charge in [-0.2, -0.15) is 0 Å². The Morgan fingerprint density at radius 2 is 2.18 bits per heavy atom. The van der Waals surface area contributed by atoms with Crippen molar-refractivity contribution in [2.45, 2.75) is 19.4 Å². The van der Waals surface area contributed by atoms with E-state index in [0.29, 0.717) is 11.5 Å². The first kappa shape index (κ1) is 12.5. The van der Waals surface area contributed by atoms with Gasteiger partial charge >= 0.3 is 0 Å². The molecule has 94 valence electrons. The van der Waals surface area contributed by atoms with Gasteiger partial charge in [0.1, 0.15) is 0 Å². The van der Waals surface area contributed by atoms with Gasteiger partial charge in [-0.25, -0.2) is 8.42 Å². The Morgan fingerprint density at radius 1 is 1.47 bits per heavy atom. The van der Waals surface area contributed by atoms with Crippen molar-refractivity contribution in [2.75, 3.05) is 18.1 Å². The van der Waals surface area contributed by atoms with Crippen LogP contribution < -0.4 is 5.32 Å². The monoisotopic (exact) mass is 254 g/mol. The first-order valence-electron chi connectivity index (χ1n) is 5.90. The quantitative estimate of drug-likeness (QED) is 0.876. The summed E-state index contributed by atoms with van der Waals surface area (Å²) in [6.07, 6.45) is 4.33. The van der Waals surface area contributed by atoms with Crippen LogP contribution in [0.15, 0.2) is 24.5 Å². The molecule has 2 rings (SSSR count). The zero-order valence-corrected chi connectivity index (χ0v) is 10.8. The van der Waals surface area contributed by atoms with Gasteiger partial charge in [0, 0.05) is 18.4 Å². The molecular formula is C12H18N2O2S. The van der Waals surface area contributed by atoms with Gasteiger partial charge in [0.25, 0.3) is 0 Å². The molecule has 2 heterocycles. The first-order valence-corrected chi connectivity index (χ1v) is 7.73. The van der Waals surface area contributed by atoms with Crippen molar-refractivity contribution in [3.63, 3.8) is 0 Å². The number of sulfone groups is 1. The molecule has 4 nitrogen and oxygen atoms in total. The molecule has 2 atom stereocenters. The molecule has 0 saturated carbocycles. The Morgan fingerprint density at radius 3 is 2.76 bits per heavy atom. The highest BCUT2D eigenvalue weighted by atomic mass is 32.2. The van der Waals surface area contributed by atoms with E-state index in [2.05, 4.69) is 17.2 Å². The van der Waals surface area contributed by atoms with Crippen LogP contribution in [0.4, 0.5) is 0 Å². The summed E-state index contributed by atoms with van der Waals surface area (Å²) in [7, 11) is -2.76. The Labute approximate surface area is 102 Å². The van der Waals surface area contributed by atoms with E-state index in [1.165, 1.54) is 5.56 Å². The molecule has 5 heteroatoms. The lowest BCUT2D eigenvalue weighted by molar-refractivity contribution is 0.476. The standard InChI is InChI=1S/C12H18N2O2S/c1-10(12-2-5-13-6-3-12)14-8-11-4-7-17(15,16)9-11/h2-3,5-6,10-11,14H,4,7-9H2,1H3. The van der Waals surface area contributed by atoms with Gasteiger partial charge in [-0.05, 0) is 43.5 Å². The second-order valence-electron chi connectivity index (χ2n) is 4.68. The third kappa shape index (κ3) is 3.51. The zero-order chi connectivity index (χ0) is 12.3. The SMILES string of the molecule is CC(NCC1CCS(=O)(=O)C1)c1ccncc1. The van der Waals surface area contributed by atoms with Gasteiger partial charge in [0.15, 0.2) is 9.84 Å². The molecule has 1 fully saturated rings. The molecule has 1 N–H and O–H groups in total. The number of rotatable bonds is 4. The molecule has 0 radical (unpaired) electrons. The fourth-order valence-corrected chi connectivity index (χ4v) is 4.01. The van der Waals surface area contributed by atoms with E-state index in [4.69, 9.17) is 0 Å². The van der Waals surface area contributed by atoms with Gasteiger partial charge in [-0.15, -0.1) is 0 Å². The Bertz CT molecular complexity index is 459. The molecule has 1 saturated heterocycles. The summed E-state index contributed by atoms with van der Waals surface area (Å²) < 4.78 is 22.6. The van der Waals surface area contributed by atoms with E-state index in [9.17, 15) is 8.42 Å². The minimum Gasteiger partial charge on any atom is -0.310 e. The molecule has 0 amide bonds. The number of hydrogen-bond acceptors (Lipinski definition) is 4. The predicted octanol–water partition coefficient (Wildman–Crippen LogP) is 1.17. The van der Waals surface area contributed by atoms with E-state index >= 15 is 0 Å². The van der Waals surface area contributed by atoms with E-state index in [-0.39, 0.29) is 12.0 Å². The van der Waals surface area contributed by atoms with Crippen molar-refractivity contribution in [1.29, 1.82) is 0 Å². The molecular weight excluding hydrogens is 236 g/mol. The van der Waals surface area contributed by atoms with Crippen molar-refractivity contribution in [3.8, 4) is 0 Å². The third-order valence-corrected chi connectivity index (χ3v) is 5.08. The lowest BCUT2D eigenvalue weighted by atomic mass is 10.1. The van der Waals surface area contributed by atoms with Crippen LogP contribution in [0.3, 0.4) is 0 Å². The van der Waals surface area contributed by atoms with Crippen LogP contribution in [0.25, 0.3) is 0 Å². The van der Waals surface area contributed by atoms with E-state index in [1.54, 1.807) is 12.4 Å². The molecule has 2 unspecified atom stereocenters. The fraction of sp³-hybridized carbons (Fsp3) is 0.583. The highest BCUT2D eigenvalue weighted by Crippen LogP contribution is 2.19. The Hall–Kier alpha value is -0.940. The van der Waals surface area contributed by atoms with Gasteiger partial charge in [-0.3, -0.25) is 4.98 Å². The van der Waals surface area contributed by atoms with Crippen LogP contribution in [0.1, 0.15) is 24.9 Å². The van der Waals surface area contributed by atoms with Crippen molar-refractivity contribution in [1.82, 2.24) is 10.3 Å². The molecule has 0 spiro atoms. The van der Waals surface area contributed by atoms with Crippen LogP contribution in [0.5, 0.6) is 0 Å². The topological polar surface area (TPSA) is 59.1 Å². The lowest BCUT2D eigenvalue weighted by Crippen LogP contribution is -2.26.